The summed E-state index contributed by atoms with van der Waals surface area (Å²) in [5, 5.41) is 10.3. The van der Waals surface area contributed by atoms with Gasteiger partial charge in [0.1, 0.15) is 5.82 Å². The number of aryl methyl sites for hydroxylation is 1. The molecule has 0 radical (unpaired) electrons. The Hall–Kier alpha value is -1.45. The second-order valence-corrected chi connectivity index (χ2v) is 2.60. The SMILES string of the molecule is Cc1ccc([N+](=O)[O-])c(C)c1F. The smallest absolute Gasteiger partial charge is 0.258 e. The predicted octanol–water partition coefficient (Wildman–Crippen LogP) is 2.35. The van der Waals surface area contributed by atoms with Crippen LogP contribution in [0.5, 0.6) is 0 Å². The van der Waals surface area contributed by atoms with Gasteiger partial charge in [-0.1, -0.05) is 0 Å². The van der Waals surface area contributed by atoms with E-state index in [2.05, 4.69) is 0 Å². The number of rotatable bonds is 1. The van der Waals surface area contributed by atoms with Crippen molar-refractivity contribution in [1.82, 2.24) is 0 Å². The summed E-state index contributed by atoms with van der Waals surface area (Å²) in [5.41, 5.74) is 0.358. The monoisotopic (exact) mass is 169 g/mol. The molecular weight excluding hydrogens is 161 g/mol. The van der Waals surface area contributed by atoms with Crippen LogP contribution in [0.3, 0.4) is 0 Å². The number of nitro groups is 1. The zero-order chi connectivity index (χ0) is 9.30. The molecule has 0 aromatic heterocycles. The maximum atomic E-state index is 13.0. The first-order valence-corrected chi connectivity index (χ1v) is 3.44. The minimum absolute atomic E-state index is 0.0972. The van der Waals surface area contributed by atoms with Crippen LogP contribution in [-0.2, 0) is 0 Å². The van der Waals surface area contributed by atoms with Crippen molar-refractivity contribution in [3.05, 3.63) is 39.2 Å². The van der Waals surface area contributed by atoms with Crippen molar-refractivity contribution in [2.75, 3.05) is 0 Å². The molecule has 4 heteroatoms. The van der Waals surface area contributed by atoms with E-state index in [0.29, 0.717) is 5.56 Å². The standard InChI is InChI=1S/C8H8FNO2/c1-5-3-4-7(10(11)12)6(2)8(5)9/h3-4H,1-2H3. The minimum Gasteiger partial charge on any atom is -0.258 e. The molecule has 0 fully saturated rings. The van der Waals surface area contributed by atoms with Gasteiger partial charge in [-0.2, -0.15) is 0 Å². The largest absolute Gasteiger partial charge is 0.275 e. The molecule has 3 nitrogen and oxygen atoms in total. The lowest BCUT2D eigenvalue weighted by Crippen LogP contribution is -1.95. The van der Waals surface area contributed by atoms with Gasteiger partial charge in [0.15, 0.2) is 0 Å². The zero-order valence-corrected chi connectivity index (χ0v) is 6.80. The normalized spacial score (nSPS) is 9.92. The van der Waals surface area contributed by atoms with Gasteiger partial charge in [0.25, 0.3) is 5.69 Å². The van der Waals surface area contributed by atoms with E-state index >= 15 is 0 Å². The topological polar surface area (TPSA) is 43.1 Å². The van der Waals surface area contributed by atoms with E-state index in [1.165, 1.54) is 19.1 Å². The fraction of sp³-hybridized carbons (Fsp3) is 0.250. The van der Waals surface area contributed by atoms with Gasteiger partial charge in [0, 0.05) is 6.07 Å². The van der Waals surface area contributed by atoms with Gasteiger partial charge in [0.2, 0.25) is 0 Å². The second-order valence-electron chi connectivity index (χ2n) is 2.60. The molecular formula is C8H8FNO2. The number of hydrogen-bond donors (Lipinski definition) is 0. The third-order valence-electron chi connectivity index (χ3n) is 1.75. The average molecular weight is 169 g/mol. The van der Waals surface area contributed by atoms with Gasteiger partial charge in [-0.3, -0.25) is 10.1 Å². The Balaban J connectivity index is 3.36. The van der Waals surface area contributed by atoms with Crippen LogP contribution in [-0.4, -0.2) is 4.92 Å². The summed E-state index contributed by atoms with van der Waals surface area (Å²) < 4.78 is 13.0. The number of hydrogen-bond acceptors (Lipinski definition) is 2. The number of benzene rings is 1. The van der Waals surface area contributed by atoms with Crippen LogP contribution in [0.2, 0.25) is 0 Å². The first-order valence-electron chi connectivity index (χ1n) is 3.44. The second kappa shape index (κ2) is 2.89. The molecule has 0 N–H and O–H groups in total. The molecule has 64 valence electrons. The molecule has 0 unspecified atom stereocenters. The molecule has 0 aliphatic carbocycles. The molecule has 0 heterocycles. The van der Waals surface area contributed by atoms with Crippen molar-refractivity contribution in [2.24, 2.45) is 0 Å². The molecule has 0 amide bonds. The summed E-state index contributed by atoms with van der Waals surface area (Å²) in [6, 6.07) is 2.72. The van der Waals surface area contributed by atoms with E-state index in [9.17, 15) is 14.5 Å². The third kappa shape index (κ3) is 1.28. The Morgan fingerprint density at radius 3 is 2.50 bits per heavy atom. The van der Waals surface area contributed by atoms with Crippen molar-refractivity contribution < 1.29 is 9.31 Å². The van der Waals surface area contributed by atoms with E-state index in [0.717, 1.165) is 0 Å². The van der Waals surface area contributed by atoms with Crippen LogP contribution < -0.4 is 0 Å². The summed E-state index contributed by atoms with van der Waals surface area (Å²) in [5.74, 6) is -0.496. The summed E-state index contributed by atoms with van der Waals surface area (Å²) in [6.45, 7) is 2.98. The molecule has 1 aromatic rings. The fourth-order valence-electron chi connectivity index (χ4n) is 1.01. The van der Waals surface area contributed by atoms with Crippen LogP contribution in [0.15, 0.2) is 12.1 Å². The van der Waals surface area contributed by atoms with Crippen molar-refractivity contribution in [3.63, 3.8) is 0 Å². The Morgan fingerprint density at radius 1 is 1.42 bits per heavy atom. The first kappa shape index (κ1) is 8.64. The van der Waals surface area contributed by atoms with Crippen LogP contribution >= 0.6 is 0 Å². The molecule has 0 atom stereocenters. The Labute approximate surface area is 69.0 Å². The van der Waals surface area contributed by atoms with Gasteiger partial charge in [-0.15, -0.1) is 0 Å². The fourth-order valence-corrected chi connectivity index (χ4v) is 1.01. The highest BCUT2D eigenvalue weighted by molar-refractivity contribution is 5.42. The summed E-state index contributed by atoms with van der Waals surface area (Å²) >= 11 is 0. The first-order chi connectivity index (χ1) is 5.54. The summed E-state index contributed by atoms with van der Waals surface area (Å²) in [6.07, 6.45) is 0. The highest BCUT2D eigenvalue weighted by Gasteiger charge is 2.14. The van der Waals surface area contributed by atoms with Gasteiger partial charge < -0.3 is 0 Å². The third-order valence-corrected chi connectivity index (χ3v) is 1.75. The predicted molar refractivity (Wildman–Crippen MR) is 42.5 cm³/mol. The lowest BCUT2D eigenvalue weighted by atomic mass is 10.1. The highest BCUT2D eigenvalue weighted by Crippen LogP contribution is 2.22. The van der Waals surface area contributed by atoms with E-state index < -0.39 is 10.7 Å². The van der Waals surface area contributed by atoms with E-state index in [4.69, 9.17) is 0 Å². The average Bonchev–Trinajstić information content (AvgIpc) is 2.00. The Kier molecular flexibility index (Phi) is 2.08. The zero-order valence-electron chi connectivity index (χ0n) is 6.80. The quantitative estimate of drug-likeness (QED) is 0.478. The van der Waals surface area contributed by atoms with Crippen molar-refractivity contribution in [1.29, 1.82) is 0 Å². The highest BCUT2D eigenvalue weighted by atomic mass is 19.1. The molecule has 0 aliphatic rings. The van der Waals surface area contributed by atoms with Crippen LogP contribution in [0, 0.1) is 29.8 Å². The number of halogens is 1. The van der Waals surface area contributed by atoms with E-state index in [-0.39, 0.29) is 11.3 Å². The van der Waals surface area contributed by atoms with Crippen LogP contribution in [0.4, 0.5) is 10.1 Å². The maximum absolute atomic E-state index is 13.0. The van der Waals surface area contributed by atoms with Crippen molar-refractivity contribution in [2.45, 2.75) is 13.8 Å². The molecule has 0 spiro atoms. The molecule has 12 heavy (non-hydrogen) atoms. The Bertz CT molecular complexity index is 336. The van der Waals surface area contributed by atoms with Gasteiger partial charge in [0.05, 0.1) is 10.5 Å². The lowest BCUT2D eigenvalue weighted by molar-refractivity contribution is -0.385. The lowest BCUT2D eigenvalue weighted by Gasteiger charge is -2.00. The summed E-state index contributed by atoms with van der Waals surface area (Å²) in [7, 11) is 0. The van der Waals surface area contributed by atoms with Gasteiger partial charge >= 0.3 is 0 Å². The van der Waals surface area contributed by atoms with Crippen molar-refractivity contribution >= 4 is 5.69 Å². The molecule has 0 aliphatic heterocycles. The number of nitrogens with zero attached hydrogens (tertiary/aromatic N) is 1. The molecule has 0 saturated heterocycles. The molecule has 1 rings (SSSR count). The molecule has 1 aromatic carbocycles. The minimum atomic E-state index is -0.585. The van der Waals surface area contributed by atoms with E-state index in [1.54, 1.807) is 6.92 Å². The van der Waals surface area contributed by atoms with E-state index in [1.807, 2.05) is 0 Å². The molecule has 0 bridgehead atoms. The van der Waals surface area contributed by atoms with Gasteiger partial charge in [-0.25, -0.2) is 4.39 Å². The summed E-state index contributed by atoms with van der Waals surface area (Å²) in [4.78, 5) is 9.74. The Morgan fingerprint density at radius 2 is 2.00 bits per heavy atom. The van der Waals surface area contributed by atoms with Gasteiger partial charge in [-0.05, 0) is 25.5 Å². The van der Waals surface area contributed by atoms with Crippen LogP contribution in [0.1, 0.15) is 11.1 Å². The van der Waals surface area contributed by atoms with Crippen LogP contribution in [0.25, 0.3) is 0 Å². The molecule has 0 saturated carbocycles. The van der Waals surface area contributed by atoms with Crippen molar-refractivity contribution in [3.8, 4) is 0 Å². The number of nitro benzene ring substituents is 1. The maximum Gasteiger partial charge on any atom is 0.275 e.